The third-order valence-electron chi connectivity index (χ3n) is 3.05. The molecule has 0 spiro atoms. The number of hydrogen-bond donors (Lipinski definition) is 1. The Balaban J connectivity index is 2.17. The van der Waals surface area contributed by atoms with Gasteiger partial charge in [0.2, 0.25) is 5.91 Å². The van der Waals surface area contributed by atoms with Crippen molar-refractivity contribution in [3.8, 4) is 0 Å². The molecule has 0 saturated heterocycles. The molecule has 0 radical (unpaired) electrons. The second kappa shape index (κ2) is 5.59. The van der Waals surface area contributed by atoms with Gasteiger partial charge in [0.05, 0.1) is 0 Å². The van der Waals surface area contributed by atoms with Crippen LogP contribution in [-0.2, 0) is 4.79 Å². The van der Waals surface area contributed by atoms with E-state index in [4.69, 9.17) is 11.6 Å². The highest BCUT2D eigenvalue weighted by Crippen LogP contribution is 2.29. The van der Waals surface area contributed by atoms with E-state index < -0.39 is 0 Å². The van der Waals surface area contributed by atoms with Crippen molar-refractivity contribution in [1.29, 1.82) is 0 Å². The molecule has 3 atom stereocenters. The Morgan fingerprint density at radius 3 is 2.79 bits per heavy atom. The van der Waals surface area contributed by atoms with Gasteiger partial charge in [-0.2, -0.15) is 0 Å². The summed E-state index contributed by atoms with van der Waals surface area (Å²) >= 11 is 5.60. The van der Waals surface area contributed by atoms with Crippen molar-refractivity contribution < 1.29 is 4.79 Å². The topological polar surface area (TPSA) is 29.1 Å². The van der Waals surface area contributed by atoms with Crippen molar-refractivity contribution in [2.45, 2.75) is 33.1 Å². The minimum absolute atomic E-state index is 0.0597. The number of hydrogen-bond acceptors (Lipinski definition) is 1. The molecule has 1 amide bonds. The Hall–Kier alpha value is -0.240. The fourth-order valence-corrected chi connectivity index (χ4v) is 2.14. The van der Waals surface area contributed by atoms with Crippen molar-refractivity contribution >= 4 is 17.5 Å². The Morgan fingerprint density at radius 2 is 2.29 bits per heavy atom. The van der Waals surface area contributed by atoms with Crippen LogP contribution in [0.1, 0.15) is 33.1 Å². The van der Waals surface area contributed by atoms with Gasteiger partial charge in [0.1, 0.15) is 0 Å². The van der Waals surface area contributed by atoms with Gasteiger partial charge in [0.25, 0.3) is 0 Å². The molecule has 2 nitrogen and oxygen atoms in total. The van der Waals surface area contributed by atoms with E-state index >= 15 is 0 Å². The molecule has 0 heterocycles. The first-order valence-corrected chi connectivity index (χ1v) is 6.00. The molecule has 14 heavy (non-hydrogen) atoms. The number of amides is 1. The van der Waals surface area contributed by atoms with Crippen molar-refractivity contribution in [1.82, 2.24) is 5.32 Å². The molecule has 1 fully saturated rings. The van der Waals surface area contributed by atoms with Crippen LogP contribution in [0.15, 0.2) is 0 Å². The van der Waals surface area contributed by atoms with Gasteiger partial charge in [0, 0.05) is 18.3 Å². The summed E-state index contributed by atoms with van der Waals surface area (Å²) in [5.74, 6) is 1.97. The number of carbonyl (C=O) groups excluding carboxylic acids is 1. The van der Waals surface area contributed by atoms with Crippen LogP contribution in [0.5, 0.6) is 0 Å². The van der Waals surface area contributed by atoms with E-state index in [9.17, 15) is 4.79 Å². The lowest BCUT2D eigenvalue weighted by Gasteiger charge is -2.13. The number of nitrogens with one attached hydrogen (secondary N) is 1. The zero-order valence-electron chi connectivity index (χ0n) is 9.05. The number of alkyl halides is 1. The van der Waals surface area contributed by atoms with Gasteiger partial charge < -0.3 is 5.32 Å². The van der Waals surface area contributed by atoms with Crippen molar-refractivity contribution in [3.05, 3.63) is 0 Å². The van der Waals surface area contributed by atoms with E-state index in [1.807, 2.05) is 6.92 Å². The van der Waals surface area contributed by atoms with E-state index in [2.05, 4.69) is 12.2 Å². The van der Waals surface area contributed by atoms with Crippen LogP contribution in [0.4, 0.5) is 0 Å². The molecule has 0 bridgehead atoms. The highest BCUT2D eigenvalue weighted by Gasteiger charge is 2.22. The van der Waals surface area contributed by atoms with Crippen LogP contribution < -0.4 is 5.32 Å². The average Bonchev–Trinajstić information content (AvgIpc) is 2.59. The summed E-state index contributed by atoms with van der Waals surface area (Å²) in [7, 11) is 0. The first-order valence-electron chi connectivity index (χ1n) is 5.47. The van der Waals surface area contributed by atoms with E-state index in [0.29, 0.717) is 11.8 Å². The molecule has 0 aromatic heterocycles. The first-order chi connectivity index (χ1) is 6.63. The number of halogens is 1. The molecule has 1 aliphatic rings. The second-order valence-electron chi connectivity index (χ2n) is 4.58. The van der Waals surface area contributed by atoms with Crippen molar-refractivity contribution in [2.24, 2.45) is 17.8 Å². The van der Waals surface area contributed by atoms with Gasteiger partial charge >= 0.3 is 0 Å². The molecular formula is C11H20ClNO. The van der Waals surface area contributed by atoms with E-state index in [1.54, 1.807) is 0 Å². The summed E-state index contributed by atoms with van der Waals surface area (Å²) in [6, 6.07) is 0. The van der Waals surface area contributed by atoms with Crippen LogP contribution >= 0.6 is 11.6 Å². The molecule has 3 heteroatoms. The van der Waals surface area contributed by atoms with E-state index in [1.165, 1.54) is 19.3 Å². The largest absolute Gasteiger partial charge is 0.356 e. The van der Waals surface area contributed by atoms with Gasteiger partial charge in [0.15, 0.2) is 0 Å². The van der Waals surface area contributed by atoms with Crippen LogP contribution in [0.25, 0.3) is 0 Å². The minimum Gasteiger partial charge on any atom is -0.356 e. The van der Waals surface area contributed by atoms with Gasteiger partial charge in [-0.15, -0.1) is 11.6 Å². The smallest absolute Gasteiger partial charge is 0.224 e. The minimum atomic E-state index is -0.0597. The molecule has 3 unspecified atom stereocenters. The quantitative estimate of drug-likeness (QED) is 0.720. The van der Waals surface area contributed by atoms with Crippen LogP contribution in [0.2, 0.25) is 0 Å². The zero-order valence-corrected chi connectivity index (χ0v) is 9.81. The maximum Gasteiger partial charge on any atom is 0.224 e. The summed E-state index contributed by atoms with van der Waals surface area (Å²) in [4.78, 5) is 11.4. The van der Waals surface area contributed by atoms with Gasteiger partial charge in [-0.25, -0.2) is 0 Å². The summed E-state index contributed by atoms with van der Waals surface area (Å²) in [5.41, 5.74) is 0. The van der Waals surface area contributed by atoms with E-state index in [-0.39, 0.29) is 11.8 Å². The average molecular weight is 218 g/mol. The SMILES string of the molecule is CC1CCC(CNC(=O)C(C)CCl)C1. The lowest BCUT2D eigenvalue weighted by atomic mass is 10.1. The first kappa shape index (κ1) is 11.8. The monoisotopic (exact) mass is 217 g/mol. The third kappa shape index (κ3) is 3.49. The summed E-state index contributed by atoms with van der Waals surface area (Å²) < 4.78 is 0. The van der Waals surface area contributed by atoms with Crippen LogP contribution in [0.3, 0.4) is 0 Å². The van der Waals surface area contributed by atoms with Crippen molar-refractivity contribution in [3.63, 3.8) is 0 Å². The van der Waals surface area contributed by atoms with Gasteiger partial charge in [-0.3, -0.25) is 4.79 Å². The molecule has 1 rings (SSSR count). The molecule has 0 aromatic rings. The third-order valence-corrected chi connectivity index (χ3v) is 3.51. The van der Waals surface area contributed by atoms with Gasteiger partial charge in [-0.1, -0.05) is 20.3 Å². The molecular weight excluding hydrogens is 198 g/mol. The number of carbonyl (C=O) groups is 1. The Labute approximate surface area is 91.4 Å². The Bertz CT molecular complexity index is 196. The lowest BCUT2D eigenvalue weighted by Crippen LogP contribution is -2.33. The molecule has 1 aliphatic carbocycles. The van der Waals surface area contributed by atoms with E-state index in [0.717, 1.165) is 12.5 Å². The fraction of sp³-hybridized carbons (Fsp3) is 0.909. The maximum absolute atomic E-state index is 11.4. The zero-order chi connectivity index (χ0) is 10.6. The van der Waals surface area contributed by atoms with Crippen LogP contribution in [-0.4, -0.2) is 18.3 Å². The lowest BCUT2D eigenvalue weighted by molar-refractivity contribution is -0.124. The highest BCUT2D eigenvalue weighted by molar-refractivity contribution is 6.19. The summed E-state index contributed by atoms with van der Waals surface area (Å²) in [5, 5.41) is 2.97. The predicted octanol–water partition coefficient (Wildman–Crippen LogP) is 2.41. The summed E-state index contributed by atoms with van der Waals surface area (Å²) in [6.45, 7) is 4.98. The number of rotatable bonds is 4. The molecule has 1 saturated carbocycles. The summed E-state index contributed by atoms with van der Waals surface area (Å²) in [6.07, 6.45) is 3.83. The molecule has 0 aromatic carbocycles. The highest BCUT2D eigenvalue weighted by atomic mass is 35.5. The normalized spacial score (nSPS) is 28.8. The molecule has 82 valence electrons. The van der Waals surface area contributed by atoms with Gasteiger partial charge in [-0.05, 0) is 24.7 Å². The standard InChI is InChI=1S/C11H20ClNO/c1-8-3-4-10(5-8)7-13-11(14)9(2)6-12/h8-10H,3-7H2,1-2H3,(H,13,14). The molecule has 0 aliphatic heterocycles. The maximum atomic E-state index is 11.4. The van der Waals surface area contributed by atoms with Crippen LogP contribution in [0, 0.1) is 17.8 Å². The predicted molar refractivity (Wildman–Crippen MR) is 59.4 cm³/mol. The Kier molecular flexibility index (Phi) is 4.73. The Morgan fingerprint density at radius 1 is 1.57 bits per heavy atom. The second-order valence-corrected chi connectivity index (χ2v) is 4.89. The van der Waals surface area contributed by atoms with Crippen molar-refractivity contribution in [2.75, 3.05) is 12.4 Å². The molecule has 1 N–H and O–H groups in total. The fourth-order valence-electron chi connectivity index (χ4n) is 2.00.